The van der Waals surface area contributed by atoms with Gasteiger partial charge in [0.2, 0.25) is 0 Å². The van der Waals surface area contributed by atoms with Gasteiger partial charge in [-0.15, -0.1) is 5.10 Å². The zero-order valence-corrected chi connectivity index (χ0v) is 15.0. The molecular formula is C17H17N5O3S. The first-order chi connectivity index (χ1) is 12.5. The fourth-order valence-corrected chi connectivity index (χ4v) is 3.11. The summed E-state index contributed by atoms with van der Waals surface area (Å²) in [5, 5.41) is 12.1. The number of rotatable bonds is 6. The van der Waals surface area contributed by atoms with Crippen LogP contribution in [-0.2, 0) is 10.0 Å². The van der Waals surface area contributed by atoms with E-state index in [4.69, 9.17) is 4.74 Å². The van der Waals surface area contributed by atoms with Gasteiger partial charge in [-0.3, -0.25) is 4.72 Å². The zero-order chi connectivity index (χ0) is 18.6. The van der Waals surface area contributed by atoms with E-state index in [0.29, 0.717) is 17.1 Å². The third-order valence-electron chi connectivity index (χ3n) is 3.55. The van der Waals surface area contributed by atoms with E-state index in [0.717, 1.165) is 16.5 Å². The largest absolute Gasteiger partial charge is 0.494 e. The number of aryl methyl sites for hydroxylation is 1. The van der Waals surface area contributed by atoms with E-state index in [9.17, 15) is 8.42 Å². The minimum Gasteiger partial charge on any atom is -0.494 e. The lowest BCUT2D eigenvalue weighted by molar-refractivity contribution is 0.411. The van der Waals surface area contributed by atoms with E-state index in [1.807, 2.05) is 31.2 Å². The van der Waals surface area contributed by atoms with Crippen LogP contribution in [0.2, 0.25) is 0 Å². The summed E-state index contributed by atoms with van der Waals surface area (Å²) in [6.07, 6.45) is 2.93. The molecule has 0 aliphatic carbocycles. The number of anilines is 1. The van der Waals surface area contributed by atoms with Crippen LogP contribution in [-0.4, -0.2) is 35.7 Å². The van der Waals surface area contributed by atoms with Crippen molar-refractivity contribution in [3.05, 3.63) is 65.3 Å². The highest BCUT2D eigenvalue weighted by atomic mass is 32.2. The highest BCUT2D eigenvalue weighted by Crippen LogP contribution is 2.26. The summed E-state index contributed by atoms with van der Waals surface area (Å²) in [4.78, 5) is 0. The van der Waals surface area contributed by atoms with Gasteiger partial charge in [0.05, 0.1) is 18.2 Å². The molecule has 0 aliphatic rings. The molecule has 1 heterocycles. The van der Waals surface area contributed by atoms with Crippen molar-refractivity contribution >= 4 is 21.8 Å². The molecule has 3 aromatic rings. The Morgan fingerprint density at radius 2 is 1.92 bits per heavy atom. The highest BCUT2D eigenvalue weighted by Gasteiger charge is 2.11. The molecule has 8 nitrogen and oxygen atoms in total. The van der Waals surface area contributed by atoms with Crippen LogP contribution in [0.1, 0.15) is 11.1 Å². The Bertz CT molecular complexity index is 1010. The molecule has 0 radical (unpaired) electrons. The van der Waals surface area contributed by atoms with Gasteiger partial charge in [0.1, 0.15) is 17.8 Å². The summed E-state index contributed by atoms with van der Waals surface area (Å²) in [7, 11) is -2.17. The molecule has 2 aromatic carbocycles. The van der Waals surface area contributed by atoms with Gasteiger partial charge in [-0.2, -0.15) is 4.68 Å². The van der Waals surface area contributed by atoms with Gasteiger partial charge in [0, 0.05) is 0 Å². The van der Waals surface area contributed by atoms with Gasteiger partial charge >= 0.3 is 0 Å². The maximum absolute atomic E-state index is 12.3. The Morgan fingerprint density at radius 3 is 2.58 bits per heavy atom. The molecule has 0 unspecified atom stereocenters. The summed E-state index contributed by atoms with van der Waals surface area (Å²) in [6, 6.07) is 12.4. The van der Waals surface area contributed by atoms with Crippen LogP contribution < -0.4 is 9.46 Å². The van der Waals surface area contributed by atoms with Crippen molar-refractivity contribution in [1.29, 1.82) is 0 Å². The summed E-state index contributed by atoms with van der Waals surface area (Å²) in [5.74, 6) is 0.510. The Morgan fingerprint density at radius 1 is 1.15 bits per heavy atom. The zero-order valence-electron chi connectivity index (χ0n) is 14.2. The van der Waals surface area contributed by atoms with Gasteiger partial charge < -0.3 is 4.74 Å². The van der Waals surface area contributed by atoms with Crippen molar-refractivity contribution in [3.63, 3.8) is 0 Å². The SMILES string of the molecule is COc1ccc(NS(=O)(=O)/C=C/c2ccc(C)cc2)cc1-n1cnnn1. The van der Waals surface area contributed by atoms with Crippen LogP contribution in [0.25, 0.3) is 11.8 Å². The van der Waals surface area contributed by atoms with Crippen molar-refractivity contribution in [2.75, 3.05) is 11.8 Å². The van der Waals surface area contributed by atoms with Gasteiger partial charge in [0.15, 0.2) is 0 Å². The fourth-order valence-electron chi connectivity index (χ4n) is 2.25. The van der Waals surface area contributed by atoms with Crippen LogP contribution in [0.15, 0.2) is 54.2 Å². The van der Waals surface area contributed by atoms with Crippen LogP contribution in [0, 0.1) is 6.92 Å². The number of sulfonamides is 1. The van der Waals surface area contributed by atoms with Crippen molar-refractivity contribution in [2.45, 2.75) is 6.92 Å². The van der Waals surface area contributed by atoms with E-state index in [2.05, 4.69) is 20.2 Å². The molecule has 0 amide bonds. The third kappa shape index (κ3) is 4.25. The average molecular weight is 371 g/mol. The summed E-state index contributed by atoms with van der Waals surface area (Å²) >= 11 is 0. The molecule has 26 heavy (non-hydrogen) atoms. The minimum absolute atomic E-state index is 0.366. The number of nitrogens with one attached hydrogen (secondary N) is 1. The first kappa shape index (κ1) is 17.6. The monoisotopic (exact) mass is 371 g/mol. The normalized spacial score (nSPS) is 11.6. The van der Waals surface area contributed by atoms with Gasteiger partial charge in [-0.1, -0.05) is 29.8 Å². The fraction of sp³-hybridized carbons (Fsp3) is 0.118. The van der Waals surface area contributed by atoms with E-state index in [1.165, 1.54) is 24.2 Å². The van der Waals surface area contributed by atoms with Crippen molar-refractivity contribution < 1.29 is 13.2 Å². The number of hydrogen-bond donors (Lipinski definition) is 1. The number of benzene rings is 2. The Kier molecular flexibility index (Phi) is 4.99. The molecule has 9 heteroatoms. The van der Waals surface area contributed by atoms with Crippen molar-refractivity contribution in [1.82, 2.24) is 20.2 Å². The van der Waals surface area contributed by atoms with Crippen molar-refractivity contribution in [2.24, 2.45) is 0 Å². The highest BCUT2D eigenvalue weighted by molar-refractivity contribution is 7.95. The lowest BCUT2D eigenvalue weighted by Crippen LogP contribution is -2.09. The van der Waals surface area contributed by atoms with Crippen LogP contribution >= 0.6 is 0 Å². The minimum atomic E-state index is -3.68. The molecule has 1 aromatic heterocycles. The molecule has 0 saturated carbocycles. The second-order valence-electron chi connectivity index (χ2n) is 5.50. The van der Waals surface area contributed by atoms with E-state index in [-0.39, 0.29) is 0 Å². The van der Waals surface area contributed by atoms with E-state index in [1.54, 1.807) is 18.2 Å². The molecule has 0 aliphatic heterocycles. The Hall–Kier alpha value is -3.20. The molecule has 3 rings (SSSR count). The number of tetrazole rings is 1. The standard InChI is InChI=1S/C17H17N5O3S/c1-13-3-5-14(6-4-13)9-10-26(23,24)19-15-7-8-17(25-2)16(11-15)22-12-18-20-21-22/h3-12,19H,1-2H3/b10-9+. The summed E-state index contributed by atoms with van der Waals surface area (Å²) in [6.45, 7) is 1.97. The Labute approximate surface area is 151 Å². The number of hydrogen-bond acceptors (Lipinski definition) is 6. The van der Waals surface area contributed by atoms with E-state index >= 15 is 0 Å². The molecule has 134 valence electrons. The van der Waals surface area contributed by atoms with Crippen LogP contribution in [0.3, 0.4) is 0 Å². The first-order valence-corrected chi connectivity index (χ1v) is 9.20. The topological polar surface area (TPSA) is 99.0 Å². The van der Waals surface area contributed by atoms with Gasteiger partial charge in [0.25, 0.3) is 10.0 Å². The number of ether oxygens (including phenoxy) is 1. The number of nitrogens with zero attached hydrogens (tertiary/aromatic N) is 4. The predicted octanol–water partition coefficient (Wildman–Crippen LogP) is 2.39. The quantitative estimate of drug-likeness (QED) is 0.714. The molecular weight excluding hydrogens is 354 g/mol. The van der Waals surface area contributed by atoms with Gasteiger partial charge in [-0.05, 0) is 47.2 Å². The van der Waals surface area contributed by atoms with Crippen LogP contribution in [0.5, 0.6) is 5.75 Å². The number of methoxy groups -OCH3 is 1. The maximum atomic E-state index is 12.3. The second-order valence-corrected chi connectivity index (χ2v) is 7.07. The van der Waals surface area contributed by atoms with Crippen LogP contribution in [0.4, 0.5) is 5.69 Å². The summed E-state index contributed by atoms with van der Waals surface area (Å²) in [5.41, 5.74) is 2.78. The average Bonchev–Trinajstić information content (AvgIpc) is 3.15. The molecule has 0 bridgehead atoms. The molecule has 1 N–H and O–H groups in total. The lowest BCUT2D eigenvalue weighted by Gasteiger charge is -2.10. The molecule has 0 spiro atoms. The van der Waals surface area contributed by atoms with Gasteiger partial charge in [-0.25, -0.2) is 8.42 Å². The third-order valence-corrected chi connectivity index (χ3v) is 4.57. The second kappa shape index (κ2) is 7.36. The summed E-state index contributed by atoms with van der Waals surface area (Å²) < 4.78 is 33.8. The molecule has 0 fully saturated rings. The predicted molar refractivity (Wildman–Crippen MR) is 98.5 cm³/mol. The smallest absolute Gasteiger partial charge is 0.255 e. The molecule has 0 atom stereocenters. The number of aromatic nitrogens is 4. The van der Waals surface area contributed by atoms with E-state index < -0.39 is 10.0 Å². The maximum Gasteiger partial charge on any atom is 0.255 e. The lowest BCUT2D eigenvalue weighted by atomic mass is 10.2. The Balaban J connectivity index is 1.83. The molecule has 0 saturated heterocycles. The van der Waals surface area contributed by atoms with Crippen molar-refractivity contribution in [3.8, 4) is 11.4 Å². The first-order valence-electron chi connectivity index (χ1n) is 7.66.